The number of hydrogen-bond acceptors (Lipinski definition) is 6. The molecule has 1 aromatic rings. The van der Waals surface area contributed by atoms with Gasteiger partial charge in [-0.2, -0.15) is 0 Å². The molecule has 0 saturated carbocycles. The fraction of sp³-hybridized carbons (Fsp3) is 0.714. The second-order valence-electron chi connectivity index (χ2n) is 6.68. The van der Waals surface area contributed by atoms with E-state index >= 15 is 0 Å². The Bertz CT molecular complexity index is 562. The molecule has 0 aliphatic heterocycles. The summed E-state index contributed by atoms with van der Waals surface area (Å²) in [7, 11) is 3.78. The van der Waals surface area contributed by atoms with E-state index in [-0.39, 0.29) is 17.7 Å². The van der Waals surface area contributed by atoms with Crippen LogP contribution >= 0.6 is 11.8 Å². The van der Waals surface area contributed by atoms with Crippen molar-refractivity contribution < 1.29 is 9.59 Å². The molecule has 0 radical (unpaired) electrons. The summed E-state index contributed by atoms with van der Waals surface area (Å²) in [6.07, 6.45) is 0. The molecule has 0 aliphatic carbocycles. The van der Waals surface area contributed by atoms with E-state index in [1.807, 2.05) is 58.2 Å². The average Bonchev–Trinajstić information content (AvgIpc) is 2.77. The molecule has 0 bridgehead atoms. The van der Waals surface area contributed by atoms with Crippen molar-refractivity contribution in [1.29, 1.82) is 0 Å². The highest BCUT2D eigenvalue weighted by Crippen LogP contribution is 2.25. The van der Waals surface area contributed by atoms with Crippen molar-refractivity contribution in [3.05, 3.63) is 0 Å². The van der Waals surface area contributed by atoms with Gasteiger partial charge in [-0.05, 0) is 34.6 Å². The van der Waals surface area contributed by atoms with Crippen molar-refractivity contribution in [2.45, 2.75) is 51.4 Å². The van der Waals surface area contributed by atoms with Crippen LogP contribution in [0.2, 0.25) is 0 Å². The van der Waals surface area contributed by atoms with Crippen LogP contribution in [-0.2, 0) is 4.79 Å². The number of aromatic nitrogens is 3. The third kappa shape index (κ3) is 6.09. The molecule has 0 aromatic carbocycles. The first-order chi connectivity index (χ1) is 10.5. The van der Waals surface area contributed by atoms with Crippen LogP contribution < -0.4 is 15.5 Å². The molecular weight excluding hydrogens is 316 g/mol. The van der Waals surface area contributed by atoms with Crippen molar-refractivity contribution >= 4 is 29.6 Å². The first-order valence-electron chi connectivity index (χ1n) is 7.38. The van der Waals surface area contributed by atoms with Crippen LogP contribution in [0.5, 0.6) is 0 Å². The largest absolute Gasteiger partial charge is 0.347 e. The number of carbonyl (C=O) groups is 2. The minimum absolute atomic E-state index is 0.0931. The van der Waals surface area contributed by atoms with E-state index in [2.05, 4.69) is 20.8 Å². The van der Waals surface area contributed by atoms with Gasteiger partial charge in [0.05, 0.1) is 5.75 Å². The second kappa shape index (κ2) is 7.67. The molecule has 9 heteroatoms. The van der Waals surface area contributed by atoms with E-state index < -0.39 is 11.6 Å². The first kappa shape index (κ1) is 19.3. The number of imide groups is 1. The number of carbonyl (C=O) groups excluding carboxylic acids is 2. The van der Waals surface area contributed by atoms with E-state index in [0.29, 0.717) is 5.16 Å². The van der Waals surface area contributed by atoms with Gasteiger partial charge in [-0.25, -0.2) is 4.79 Å². The smallest absolute Gasteiger partial charge is 0.321 e. The lowest BCUT2D eigenvalue weighted by molar-refractivity contribution is -0.117. The Labute approximate surface area is 141 Å². The van der Waals surface area contributed by atoms with Crippen LogP contribution in [0.25, 0.3) is 0 Å². The van der Waals surface area contributed by atoms with Gasteiger partial charge in [-0.3, -0.25) is 14.7 Å². The zero-order valence-corrected chi connectivity index (χ0v) is 15.6. The maximum atomic E-state index is 11.9. The molecule has 1 aromatic heterocycles. The first-order valence-corrected chi connectivity index (χ1v) is 8.37. The number of nitrogens with zero attached hydrogens (tertiary/aromatic N) is 4. The topological polar surface area (TPSA) is 92.2 Å². The molecule has 2 N–H and O–H groups in total. The summed E-state index contributed by atoms with van der Waals surface area (Å²) in [6.45, 7) is 9.59. The van der Waals surface area contributed by atoms with Crippen molar-refractivity contribution in [3.8, 4) is 0 Å². The molecular formula is C14H26N6O2S. The van der Waals surface area contributed by atoms with Gasteiger partial charge in [0.25, 0.3) is 0 Å². The lowest BCUT2D eigenvalue weighted by Crippen LogP contribution is -2.48. The van der Waals surface area contributed by atoms with E-state index in [9.17, 15) is 9.59 Å². The number of urea groups is 1. The van der Waals surface area contributed by atoms with Crippen molar-refractivity contribution in [3.63, 3.8) is 0 Å². The molecule has 23 heavy (non-hydrogen) atoms. The van der Waals surface area contributed by atoms with Crippen LogP contribution in [0.3, 0.4) is 0 Å². The maximum Gasteiger partial charge on any atom is 0.321 e. The van der Waals surface area contributed by atoms with E-state index in [4.69, 9.17) is 0 Å². The normalized spacial score (nSPS) is 11.5. The van der Waals surface area contributed by atoms with Gasteiger partial charge in [-0.1, -0.05) is 11.8 Å². The number of hydrogen-bond donors (Lipinski definition) is 2. The van der Waals surface area contributed by atoms with Crippen LogP contribution in [0.1, 0.15) is 40.7 Å². The molecule has 0 atom stereocenters. The maximum absolute atomic E-state index is 11.9. The summed E-state index contributed by atoms with van der Waals surface area (Å²) in [6, 6.07) is -0.334. The van der Waals surface area contributed by atoms with Gasteiger partial charge in [0.2, 0.25) is 11.9 Å². The Hall–Kier alpha value is -1.77. The minimum atomic E-state index is -0.498. The molecule has 1 rings (SSSR count). The van der Waals surface area contributed by atoms with E-state index in [1.165, 1.54) is 11.8 Å². The van der Waals surface area contributed by atoms with Gasteiger partial charge in [0, 0.05) is 25.7 Å². The Kier molecular flexibility index (Phi) is 6.43. The monoisotopic (exact) mass is 342 g/mol. The second-order valence-corrected chi connectivity index (χ2v) is 7.62. The fourth-order valence-corrected chi connectivity index (χ4v) is 2.65. The quantitative estimate of drug-likeness (QED) is 0.791. The molecule has 130 valence electrons. The highest BCUT2D eigenvalue weighted by atomic mass is 32.2. The summed E-state index contributed by atoms with van der Waals surface area (Å²) in [5, 5.41) is 13.9. The van der Waals surface area contributed by atoms with Crippen LogP contribution in [-0.4, -0.2) is 52.1 Å². The summed E-state index contributed by atoms with van der Waals surface area (Å²) in [5.74, 6) is 0.449. The molecule has 0 fully saturated rings. The molecule has 0 spiro atoms. The number of rotatable bonds is 5. The molecule has 0 aliphatic rings. The zero-order chi connectivity index (χ0) is 17.8. The van der Waals surface area contributed by atoms with Gasteiger partial charge < -0.3 is 10.2 Å². The van der Waals surface area contributed by atoms with Crippen molar-refractivity contribution in [2.24, 2.45) is 0 Å². The zero-order valence-electron chi connectivity index (χ0n) is 14.8. The summed E-state index contributed by atoms with van der Waals surface area (Å²) >= 11 is 1.25. The summed E-state index contributed by atoms with van der Waals surface area (Å²) in [4.78, 5) is 25.4. The van der Waals surface area contributed by atoms with Crippen LogP contribution in [0.4, 0.5) is 10.7 Å². The van der Waals surface area contributed by atoms with Gasteiger partial charge >= 0.3 is 6.03 Å². The number of amides is 3. The molecule has 8 nitrogen and oxygen atoms in total. The number of thioether (sulfide) groups is 1. The third-order valence-corrected chi connectivity index (χ3v) is 3.58. The lowest BCUT2D eigenvalue weighted by Gasteiger charge is -2.20. The van der Waals surface area contributed by atoms with Crippen molar-refractivity contribution in [1.82, 2.24) is 25.4 Å². The van der Waals surface area contributed by atoms with Gasteiger partial charge in [-0.15, -0.1) is 10.2 Å². The molecule has 0 saturated heterocycles. The summed E-state index contributed by atoms with van der Waals surface area (Å²) in [5.41, 5.74) is -0.393. The Balaban J connectivity index is 2.65. The predicted octanol–water partition coefficient (Wildman–Crippen LogP) is 1.64. The van der Waals surface area contributed by atoms with E-state index in [1.54, 1.807) is 0 Å². The Morgan fingerprint density at radius 1 is 1.26 bits per heavy atom. The van der Waals surface area contributed by atoms with E-state index in [0.717, 1.165) is 5.95 Å². The number of nitrogens with one attached hydrogen (secondary N) is 2. The number of anilines is 1. The van der Waals surface area contributed by atoms with Crippen LogP contribution in [0.15, 0.2) is 5.16 Å². The van der Waals surface area contributed by atoms with Crippen molar-refractivity contribution in [2.75, 3.05) is 24.7 Å². The van der Waals surface area contributed by atoms with Crippen LogP contribution in [0, 0.1) is 0 Å². The minimum Gasteiger partial charge on any atom is -0.347 e. The standard InChI is InChI=1S/C14H26N6O2S/c1-9(2)20-12(19(6)7)17-18-13(20)23-8-10(21)15-11(22)16-14(3,4)5/h9H,8H2,1-7H3,(H2,15,16,21,22). The lowest BCUT2D eigenvalue weighted by atomic mass is 10.1. The molecule has 3 amide bonds. The molecule has 1 heterocycles. The Morgan fingerprint density at radius 2 is 1.87 bits per heavy atom. The fourth-order valence-electron chi connectivity index (χ4n) is 1.79. The van der Waals surface area contributed by atoms with Gasteiger partial charge in [0.1, 0.15) is 0 Å². The predicted molar refractivity (Wildman–Crippen MR) is 91.9 cm³/mol. The summed E-state index contributed by atoms with van der Waals surface area (Å²) < 4.78 is 1.95. The molecule has 0 unspecified atom stereocenters. The average molecular weight is 342 g/mol. The Morgan fingerprint density at radius 3 is 2.35 bits per heavy atom. The SMILES string of the molecule is CC(C)n1c(SCC(=O)NC(=O)NC(C)(C)C)nnc1N(C)C. The third-order valence-electron chi connectivity index (χ3n) is 2.64. The highest BCUT2D eigenvalue weighted by molar-refractivity contribution is 7.99. The highest BCUT2D eigenvalue weighted by Gasteiger charge is 2.19. The van der Waals surface area contributed by atoms with Gasteiger partial charge in [0.15, 0.2) is 5.16 Å².